The highest BCUT2D eigenvalue weighted by atomic mass is 16.5. The predicted octanol–water partition coefficient (Wildman–Crippen LogP) is 2.88. The maximum absolute atomic E-state index is 11.6. The molecular weight excluding hydrogens is 380 g/mol. The number of rotatable bonds is 4. The highest BCUT2D eigenvalue weighted by Crippen LogP contribution is 2.36. The van der Waals surface area contributed by atoms with Gasteiger partial charge in [0.25, 0.3) is 0 Å². The molecule has 0 aromatic carbocycles. The van der Waals surface area contributed by atoms with E-state index >= 15 is 0 Å². The molecule has 0 saturated carbocycles. The summed E-state index contributed by atoms with van der Waals surface area (Å²) in [6.45, 7) is 6.53. The summed E-state index contributed by atoms with van der Waals surface area (Å²) in [7, 11) is 0. The van der Waals surface area contributed by atoms with Crippen LogP contribution in [-0.4, -0.2) is 69.6 Å². The minimum atomic E-state index is 0.179. The summed E-state index contributed by atoms with van der Waals surface area (Å²) in [5.41, 5.74) is 0.959. The summed E-state index contributed by atoms with van der Waals surface area (Å²) < 4.78 is 5.75. The summed E-state index contributed by atoms with van der Waals surface area (Å²) in [5.74, 6) is 2.54. The molecule has 3 saturated heterocycles. The van der Waals surface area contributed by atoms with Crippen LogP contribution >= 0.6 is 0 Å². The zero-order chi connectivity index (χ0) is 20.5. The third-order valence-electron chi connectivity index (χ3n) is 6.83. The van der Waals surface area contributed by atoms with Gasteiger partial charge in [-0.05, 0) is 57.2 Å². The zero-order valence-electron chi connectivity index (χ0n) is 17.7. The minimum Gasteiger partial charge on any atom is -0.357 e. The van der Waals surface area contributed by atoms with Crippen molar-refractivity contribution in [3.8, 4) is 11.4 Å². The Kier molecular flexibility index (Phi) is 5.41. The number of nitrogens with zero attached hydrogens (tertiary/aromatic N) is 6. The van der Waals surface area contributed by atoms with Gasteiger partial charge in [0.05, 0.1) is 6.04 Å². The predicted molar refractivity (Wildman–Crippen MR) is 113 cm³/mol. The Morgan fingerprint density at radius 3 is 2.63 bits per heavy atom. The van der Waals surface area contributed by atoms with Crippen molar-refractivity contribution in [2.24, 2.45) is 0 Å². The van der Waals surface area contributed by atoms with Gasteiger partial charge in [-0.25, -0.2) is 4.98 Å². The molecule has 2 aromatic heterocycles. The van der Waals surface area contributed by atoms with Gasteiger partial charge >= 0.3 is 0 Å². The Hall–Kier alpha value is -2.48. The number of hydrogen-bond donors (Lipinski definition) is 0. The highest BCUT2D eigenvalue weighted by Gasteiger charge is 2.37. The number of carbonyl (C=O) groups excluding carboxylic acids is 1. The van der Waals surface area contributed by atoms with E-state index in [9.17, 15) is 4.79 Å². The first-order valence-electron chi connectivity index (χ1n) is 11.3. The van der Waals surface area contributed by atoms with E-state index in [1.165, 1.54) is 12.8 Å². The molecular formula is C22H30N6O2. The lowest BCUT2D eigenvalue weighted by atomic mass is 10.0. The molecule has 0 aliphatic carbocycles. The molecule has 5 rings (SSSR count). The van der Waals surface area contributed by atoms with Crippen LogP contribution < -0.4 is 4.90 Å². The molecule has 1 atom stereocenters. The van der Waals surface area contributed by atoms with Crippen molar-refractivity contribution in [3.63, 3.8) is 0 Å². The largest absolute Gasteiger partial charge is 0.357 e. The first-order chi connectivity index (χ1) is 14.7. The normalized spacial score (nSPS) is 23.4. The van der Waals surface area contributed by atoms with Gasteiger partial charge in [0, 0.05) is 50.9 Å². The van der Waals surface area contributed by atoms with Gasteiger partial charge in [-0.2, -0.15) is 4.98 Å². The molecule has 0 N–H and O–H groups in total. The second kappa shape index (κ2) is 8.34. The fourth-order valence-corrected chi connectivity index (χ4v) is 5.17. The van der Waals surface area contributed by atoms with Crippen LogP contribution in [0.25, 0.3) is 11.4 Å². The Labute approximate surface area is 177 Å². The first kappa shape index (κ1) is 19.5. The Bertz CT molecular complexity index is 885. The van der Waals surface area contributed by atoms with Gasteiger partial charge in [-0.15, -0.1) is 0 Å². The monoisotopic (exact) mass is 410 g/mol. The number of pyridine rings is 1. The summed E-state index contributed by atoms with van der Waals surface area (Å²) >= 11 is 0. The number of amides is 1. The van der Waals surface area contributed by atoms with Gasteiger partial charge < -0.3 is 14.3 Å². The lowest BCUT2D eigenvalue weighted by molar-refractivity contribution is -0.130. The van der Waals surface area contributed by atoms with Crippen molar-refractivity contribution in [3.05, 3.63) is 24.2 Å². The topological polar surface area (TPSA) is 78.6 Å². The Morgan fingerprint density at radius 2 is 1.87 bits per heavy atom. The van der Waals surface area contributed by atoms with E-state index < -0.39 is 0 Å². The van der Waals surface area contributed by atoms with Crippen molar-refractivity contribution < 1.29 is 9.32 Å². The van der Waals surface area contributed by atoms with Gasteiger partial charge in [0.1, 0.15) is 5.82 Å². The molecule has 0 bridgehead atoms. The molecule has 3 aliphatic heterocycles. The lowest BCUT2D eigenvalue weighted by Gasteiger charge is -2.38. The van der Waals surface area contributed by atoms with Gasteiger partial charge in [0.15, 0.2) is 0 Å². The molecule has 8 nitrogen and oxygen atoms in total. The molecule has 8 heteroatoms. The van der Waals surface area contributed by atoms with Crippen LogP contribution in [-0.2, 0) is 4.79 Å². The first-order valence-corrected chi connectivity index (χ1v) is 11.3. The Morgan fingerprint density at radius 1 is 1.07 bits per heavy atom. The average molecular weight is 411 g/mol. The van der Waals surface area contributed by atoms with E-state index in [1.807, 2.05) is 17.2 Å². The van der Waals surface area contributed by atoms with Crippen LogP contribution in [0.5, 0.6) is 0 Å². The van der Waals surface area contributed by atoms with Crippen LogP contribution in [0.4, 0.5) is 5.82 Å². The van der Waals surface area contributed by atoms with E-state index in [1.54, 1.807) is 6.92 Å². The number of aromatic nitrogens is 3. The van der Waals surface area contributed by atoms with Crippen LogP contribution in [0.15, 0.2) is 22.9 Å². The summed E-state index contributed by atoms with van der Waals surface area (Å²) in [4.78, 5) is 27.7. The quantitative estimate of drug-likeness (QED) is 0.767. The van der Waals surface area contributed by atoms with Crippen molar-refractivity contribution in [1.82, 2.24) is 24.9 Å². The fourth-order valence-electron chi connectivity index (χ4n) is 5.17. The third kappa shape index (κ3) is 3.80. The van der Waals surface area contributed by atoms with Crippen molar-refractivity contribution >= 4 is 11.7 Å². The maximum Gasteiger partial charge on any atom is 0.244 e. The van der Waals surface area contributed by atoms with Gasteiger partial charge in [-0.1, -0.05) is 5.16 Å². The molecule has 30 heavy (non-hydrogen) atoms. The molecule has 3 fully saturated rings. The van der Waals surface area contributed by atoms with E-state index in [4.69, 9.17) is 9.51 Å². The highest BCUT2D eigenvalue weighted by molar-refractivity contribution is 5.73. The van der Waals surface area contributed by atoms with Crippen LogP contribution in [0.2, 0.25) is 0 Å². The van der Waals surface area contributed by atoms with Gasteiger partial charge in [-0.3, -0.25) is 9.69 Å². The van der Waals surface area contributed by atoms with Crippen molar-refractivity contribution in [1.29, 1.82) is 0 Å². The van der Waals surface area contributed by atoms with Crippen molar-refractivity contribution in [2.45, 2.75) is 57.5 Å². The van der Waals surface area contributed by atoms with Crippen molar-refractivity contribution in [2.75, 3.05) is 37.6 Å². The Balaban J connectivity index is 1.30. The second-order valence-corrected chi connectivity index (χ2v) is 8.69. The van der Waals surface area contributed by atoms with Crippen LogP contribution in [0.1, 0.15) is 57.4 Å². The molecule has 0 unspecified atom stereocenters. The lowest BCUT2D eigenvalue weighted by Crippen LogP contribution is -2.46. The fraction of sp³-hybridized carbons (Fsp3) is 0.636. The number of anilines is 1. The van der Waals surface area contributed by atoms with Gasteiger partial charge in [0.2, 0.25) is 17.6 Å². The summed E-state index contributed by atoms with van der Waals surface area (Å²) in [6.07, 6.45) is 8.50. The molecule has 160 valence electrons. The second-order valence-electron chi connectivity index (χ2n) is 8.69. The number of carbonyl (C=O) groups is 1. The molecule has 0 radical (unpaired) electrons. The third-order valence-corrected chi connectivity index (χ3v) is 6.83. The van der Waals surface area contributed by atoms with E-state index in [-0.39, 0.29) is 11.9 Å². The van der Waals surface area contributed by atoms with E-state index in [0.29, 0.717) is 11.9 Å². The molecule has 0 spiro atoms. The smallest absolute Gasteiger partial charge is 0.244 e. The molecule has 5 heterocycles. The maximum atomic E-state index is 11.6. The molecule has 1 amide bonds. The van der Waals surface area contributed by atoms with E-state index in [0.717, 1.165) is 75.7 Å². The zero-order valence-corrected chi connectivity index (χ0v) is 17.7. The molecule has 3 aliphatic rings. The minimum absolute atomic E-state index is 0.179. The number of hydrogen-bond acceptors (Lipinski definition) is 7. The number of piperidine rings is 1. The summed E-state index contributed by atoms with van der Waals surface area (Å²) in [5, 5.41) is 4.30. The van der Waals surface area contributed by atoms with Crippen LogP contribution in [0, 0.1) is 0 Å². The van der Waals surface area contributed by atoms with Crippen LogP contribution in [0.3, 0.4) is 0 Å². The summed E-state index contributed by atoms with van der Waals surface area (Å²) in [6, 6.07) is 4.69. The standard InChI is InChI=1S/C22H30N6O2/c1-16(29)26-13-7-18(8-14-26)28-12-4-5-19(28)22-24-21(25-30-22)17-6-9-23-20(15-17)27-10-2-3-11-27/h6,9,15,18-19H,2-5,7-8,10-14H2,1H3/t19-/m0/s1. The SMILES string of the molecule is CC(=O)N1CCC(N2CCC[C@H]2c2nc(-c3ccnc(N4CCCC4)c3)no2)CC1. The molecule has 2 aromatic rings. The number of likely N-dealkylation sites (tertiary alicyclic amines) is 2. The van der Waals surface area contributed by atoms with E-state index in [2.05, 4.69) is 26.0 Å². The average Bonchev–Trinajstić information content (AvgIpc) is 3.55.